The first-order valence-corrected chi connectivity index (χ1v) is 8.06. The molecule has 0 bridgehead atoms. The van der Waals surface area contributed by atoms with Crippen LogP contribution in [0.4, 0.5) is 4.39 Å². The molecule has 124 valence electrons. The molecule has 2 aromatic rings. The molecule has 5 heteroatoms. The molecule has 1 atom stereocenters. The van der Waals surface area contributed by atoms with Gasteiger partial charge in [-0.25, -0.2) is 4.39 Å². The van der Waals surface area contributed by atoms with Gasteiger partial charge in [0, 0.05) is 30.1 Å². The maximum atomic E-state index is 14.1. The first kappa shape index (κ1) is 16.2. The number of nitrogens with one attached hydrogen (secondary N) is 2. The fraction of sp³-hybridized carbons (Fsp3) is 0.263. The van der Waals surface area contributed by atoms with E-state index in [-0.39, 0.29) is 23.7 Å². The molecule has 0 radical (unpaired) electrons. The Bertz CT molecular complexity index is 761. The lowest BCUT2D eigenvalue weighted by molar-refractivity contribution is -0.120. The zero-order valence-corrected chi connectivity index (χ0v) is 13.2. The van der Waals surface area contributed by atoms with E-state index >= 15 is 0 Å². The first-order valence-electron chi connectivity index (χ1n) is 8.06. The van der Waals surface area contributed by atoms with Crippen LogP contribution >= 0.6 is 0 Å². The molecule has 0 aliphatic carbocycles. The van der Waals surface area contributed by atoms with E-state index in [0.717, 1.165) is 0 Å². The van der Waals surface area contributed by atoms with Crippen LogP contribution in [0, 0.1) is 5.82 Å². The molecule has 2 aromatic carbocycles. The monoisotopic (exact) mass is 326 g/mol. The Morgan fingerprint density at radius 2 is 1.75 bits per heavy atom. The van der Waals surface area contributed by atoms with Gasteiger partial charge in [-0.1, -0.05) is 36.4 Å². The summed E-state index contributed by atoms with van der Waals surface area (Å²) < 4.78 is 14.1. The number of carbonyl (C=O) groups is 2. The fourth-order valence-electron chi connectivity index (χ4n) is 2.93. The minimum absolute atomic E-state index is 0.0125. The number of hydrogen-bond donors (Lipinski definition) is 2. The summed E-state index contributed by atoms with van der Waals surface area (Å²) >= 11 is 0. The molecule has 0 spiro atoms. The van der Waals surface area contributed by atoms with Gasteiger partial charge in [0.1, 0.15) is 5.82 Å². The van der Waals surface area contributed by atoms with E-state index in [9.17, 15) is 14.0 Å². The second kappa shape index (κ2) is 7.25. The second-order valence-corrected chi connectivity index (χ2v) is 5.87. The first-order chi connectivity index (χ1) is 11.6. The Morgan fingerprint density at radius 3 is 2.54 bits per heavy atom. The molecule has 24 heavy (non-hydrogen) atoms. The van der Waals surface area contributed by atoms with Crippen LogP contribution in [-0.4, -0.2) is 24.4 Å². The van der Waals surface area contributed by atoms with Crippen LogP contribution in [0.3, 0.4) is 0 Å². The van der Waals surface area contributed by atoms with Crippen LogP contribution in [0.25, 0.3) is 11.1 Å². The number of hydrogen-bond acceptors (Lipinski definition) is 2. The van der Waals surface area contributed by atoms with Crippen molar-refractivity contribution in [3.05, 3.63) is 59.9 Å². The number of amides is 2. The molecular weight excluding hydrogens is 307 g/mol. The van der Waals surface area contributed by atoms with Crippen molar-refractivity contribution in [3.8, 4) is 11.1 Å². The quantitative estimate of drug-likeness (QED) is 0.911. The number of carbonyl (C=O) groups excluding carboxylic acids is 2. The molecular formula is C19H19FN2O2. The Balaban J connectivity index is 1.83. The number of halogens is 1. The zero-order chi connectivity index (χ0) is 16.9. The molecule has 0 saturated carbocycles. The highest BCUT2D eigenvalue weighted by Gasteiger charge is 2.20. The predicted molar refractivity (Wildman–Crippen MR) is 90.0 cm³/mol. The van der Waals surface area contributed by atoms with Crippen LogP contribution in [0.5, 0.6) is 0 Å². The summed E-state index contributed by atoms with van der Waals surface area (Å²) in [6.45, 7) is 0.554. The third-order valence-electron chi connectivity index (χ3n) is 4.21. The Morgan fingerprint density at radius 1 is 1.04 bits per heavy atom. The minimum Gasteiger partial charge on any atom is -0.356 e. The molecule has 1 saturated heterocycles. The van der Waals surface area contributed by atoms with Crippen LogP contribution in [-0.2, 0) is 4.79 Å². The van der Waals surface area contributed by atoms with E-state index in [0.29, 0.717) is 42.5 Å². The molecule has 2 amide bonds. The summed E-state index contributed by atoms with van der Waals surface area (Å²) in [5.74, 6) is -0.589. The summed E-state index contributed by atoms with van der Waals surface area (Å²) in [5, 5.41) is 5.76. The SMILES string of the molecule is O=C1CCC(NC(=O)c2ccccc2-c2ccccc2F)CCN1. The third kappa shape index (κ3) is 3.62. The molecule has 1 unspecified atom stereocenters. The van der Waals surface area contributed by atoms with Crippen molar-refractivity contribution in [1.82, 2.24) is 10.6 Å². The second-order valence-electron chi connectivity index (χ2n) is 5.87. The average molecular weight is 326 g/mol. The summed E-state index contributed by atoms with van der Waals surface area (Å²) in [6.07, 6.45) is 1.71. The van der Waals surface area contributed by atoms with Gasteiger partial charge in [0.2, 0.25) is 5.91 Å². The molecule has 0 aromatic heterocycles. The largest absolute Gasteiger partial charge is 0.356 e. The maximum absolute atomic E-state index is 14.1. The Hall–Kier alpha value is -2.69. The van der Waals surface area contributed by atoms with Crippen molar-refractivity contribution in [2.75, 3.05) is 6.54 Å². The summed E-state index contributed by atoms with van der Waals surface area (Å²) in [6, 6.07) is 13.3. The van der Waals surface area contributed by atoms with E-state index < -0.39 is 0 Å². The van der Waals surface area contributed by atoms with E-state index in [1.165, 1.54) is 6.07 Å². The lowest BCUT2D eigenvalue weighted by Crippen LogP contribution is -2.35. The van der Waals surface area contributed by atoms with Crippen molar-refractivity contribution < 1.29 is 14.0 Å². The highest BCUT2D eigenvalue weighted by atomic mass is 19.1. The van der Waals surface area contributed by atoms with Gasteiger partial charge in [-0.3, -0.25) is 9.59 Å². The molecule has 2 N–H and O–H groups in total. The van der Waals surface area contributed by atoms with E-state index in [1.807, 2.05) is 0 Å². The molecule has 1 fully saturated rings. The zero-order valence-electron chi connectivity index (χ0n) is 13.2. The van der Waals surface area contributed by atoms with Gasteiger partial charge in [0.25, 0.3) is 5.91 Å². The van der Waals surface area contributed by atoms with Crippen molar-refractivity contribution >= 4 is 11.8 Å². The molecule has 1 heterocycles. The van der Waals surface area contributed by atoms with Crippen molar-refractivity contribution in [3.63, 3.8) is 0 Å². The lowest BCUT2D eigenvalue weighted by Gasteiger charge is -2.17. The summed E-state index contributed by atoms with van der Waals surface area (Å²) in [7, 11) is 0. The van der Waals surface area contributed by atoms with Gasteiger partial charge in [-0.2, -0.15) is 0 Å². The topological polar surface area (TPSA) is 58.2 Å². The molecule has 4 nitrogen and oxygen atoms in total. The number of rotatable bonds is 3. The summed E-state index contributed by atoms with van der Waals surface area (Å²) in [5.41, 5.74) is 1.41. The van der Waals surface area contributed by atoms with Gasteiger partial charge in [0.15, 0.2) is 0 Å². The third-order valence-corrected chi connectivity index (χ3v) is 4.21. The highest BCUT2D eigenvalue weighted by Crippen LogP contribution is 2.26. The highest BCUT2D eigenvalue weighted by molar-refractivity contribution is 6.01. The van der Waals surface area contributed by atoms with E-state index in [4.69, 9.17) is 0 Å². The molecule has 3 rings (SSSR count). The van der Waals surface area contributed by atoms with E-state index in [2.05, 4.69) is 10.6 Å². The van der Waals surface area contributed by atoms with Crippen LogP contribution in [0.15, 0.2) is 48.5 Å². The molecule has 1 aliphatic heterocycles. The molecule has 1 aliphatic rings. The number of benzene rings is 2. The lowest BCUT2D eigenvalue weighted by atomic mass is 9.98. The van der Waals surface area contributed by atoms with Crippen LogP contribution in [0.2, 0.25) is 0 Å². The van der Waals surface area contributed by atoms with Crippen LogP contribution < -0.4 is 10.6 Å². The van der Waals surface area contributed by atoms with Gasteiger partial charge in [-0.15, -0.1) is 0 Å². The fourth-order valence-corrected chi connectivity index (χ4v) is 2.93. The summed E-state index contributed by atoms with van der Waals surface area (Å²) in [4.78, 5) is 24.1. The van der Waals surface area contributed by atoms with Gasteiger partial charge in [-0.05, 0) is 30.5 Å². The van der Waals surface area contributed by atoms with Crippen molar-refractivity contribution in [1.29, 1.82) is 0 Å². The normalized spacial score (nSPS) is 17.7. The smallest absolute Gasteiger partial charge is 0.252 e. The Labute approximate surface area is 140 Å². The average Bonchev–Trinajstić information content (AvgIpc) is 2.80. The standard InChI is InChI=1S/C19H19FN2O2/c20-17-8-4-3-6-15(17)14-5-1-2-7-16(14)19(24)22-13-9-10-18(23)21-12-11-13/h1-8,13H,9-12H2,(H,21,23)(H,22,24). The van der Waals surface area contributed by atoms with Gasteiger partial charge >= 0.3 is 0 Å². The van der Waals surface area contributed by atoms with Crippen molar-refractivity contribution in [2.24, 2.45) is 0 Å². The van der Waals surface area contributed by atoms with Gasteiger partial charge < -0.3 is 10.6 Å². The predicted octanol–water partition coefficient (Wildman–Crippen LogP) is 2.89. The minimum atomic E-state index is -0.359. The maximum Gasteiger partial charge on any atom is 0.252 e. The van der Waals surface area contributed by atoms with Gasteiger partial charge in [0.05, 0.1) is 0 Å². The van der Waals surface area contributed by atoms with Crippen molar-refractivity contribution in [2.45, 2.75) is 25.3 Å². The van der Waals surface area contributed by atoms with Crippen LogP contribution in [0.1, 0.15) is 29.6 Å². The van der Waals surface area contributed by atoms with E-state index in [1.54, 1.807) is 42.5 Å². The Kier molecular flexibility index (Phi) is 4.89.